The van der Waals surface area contributed by atoms with Crippen LogP contribution in [0.4, 0.5) is 11.4 Å². The van der Waals surface area contributed by atoms with Crippen LogP contribution in [0.5, 0.6) is 0 Å². The third-order valence-electron chi connectivity index (χ3n) is 1.73. The Kier molecular flexibility index (Phi) is 1.18. The first-order chi connectivity index (χ1) is 5.88. The summed E-state index contributed by atoms with van der Waals surface area (Å²) in [5, 5.41) is 8.57. The molecule has 0 saturated heterocycles. The maximum absolute atomic E-state index is 8.16. The molecule has 0 spiro atoms. The topological polar surface area (TPSA) is 97.5 Å². The molecule has 0 aliphatic heterocycles. The van der Waals surface area contributed by atoms with Gasteiger partial charge in [-0.2, -0.15) is 0 Å². The molecule has 0 N–H and O–H groups in total. The standard InChI is InChI=1S/C6H2N6/c7-11-9-5-3-1-2-4(3)6(5)10-12-8/h1-2H. The molecule has 56 valence electrons. The van der Waals surface area contributed by atoms with E-state index in [4.69, 9.17) is 11.1 Å². The number of rotatable bonds is 2. The van der Waals surface area contributed by atoms with E-state index in [0.29, 0.717) is 11.4 Å². The lowest BCUT2D eigenvalue weighted by atomic mass is 10.0. The van der Waals surface area contributed by atoms with Crippen molar-refractivity contribution in [3.63, 3.8) is 0 Å². The molecular formula is C6H2N6. The number of hydrogen-bond acceptors (Lipinski definition) is 2. The summed E-state index contributed by atoms with van der Waals surface area (Å²) in [5.74, 6) is 0. The molecule has 12 heavy (non-hydrogen) atoms. The minimum absolute atomic E-state index is 0.452. The summed E-state index contributed by atoms with van der Waals surface area (Å²) < 4.78 is 0. The van der Waals surface area contributed by atoms with E-state index in [9.17, 15) is 0 Å². The predicted octanol–water partition coefficient (Wildman–Crippen LogP) is 3.17. The molecule has 0 fully saturated rings. The van der Waals surface area contributed by atoms with Gasteiger partial charge in [0.1, 0.15) is 0 Å². The van der Waals surface area contributed by atoms with Crippen LogP contribution in [-0.4, -0.2) is 0 Å². The molecule has 0 bridgehead atoms. The summed E-state index contributed by atoms with van der Waals surface area (Å²) in [5.41, 5.74) is 17.2. The van der Waals surface area contributed by atoms with Crippen molar-refractivity contribution < 1.29 is 0 Å². The Balaban J connectivity index is 2.67. The fraction of sp³-hybridized carbons (Fsp3) is 0. The summed E-state index contributed by atoms with van der Waals surface area (Å²) in [6, 6.07) is 3.63. The highest BCUT2D eigenvalue weighted by molar-refractivity contribution is 5.72. The predicted molar refractivity (Wildman–Crippen MR) is 41.7 cm³/mol. The molecule has 0 amide bonds. The Labute approximate surface area is 66.0 Å². The van der Waals surface area contributed by atoms with Gasteiger partial charge in [-0.3, -0.25) is 0 Å². The van der Waals surface area contributed by atoms with Gasteiger partial charge in [0.15, 0.2) is 0 Å². The van der Waals surface area contributed by atoms with Gasteiger partial charge in [-0.1, -0.05) is 22.4 Å². The zero-order chi connectivity index (χ0) is 8.55. The second-order valence-corrected chi connectivity index (χ2v) is 2.24. The van der Waals surface area contributed by atoms with Crippen molar-refractivity contribution in [1.29, 1.82) is 0 Å². The Bertz CT molecular complexity index is 483. The molecule has 0 heterocycles. The summed E-state index contributed by atoms with van der Waals surface area (Å²) in [4.78, 5) is 5.25. The highest BCUT2D eigenvalue weighted by atomic mass is 15.2. The van der Waals surface area contributed by atoms with E-state index in [1.807, 2.05) is 12.1 Å². The molecule has 2 rings (SSSR count). The number of benzene rings is 1. The van der Waals surface area contributed by atoms with Crippen LogP contribution in [0, 0.1) is 10.4 Å². The summed E-state index contributed by atoms with van der Waals surface area (Å²) >= 11 is 0. The summed E-state index contributed by atoms with van der Waals surface area (Å²) in [6.45, 7) is 0. The van der Waals surface area contributed by atoms with Gasteiger partial charge in [-0.05, 0) is 21.5 Å². The van der Waals surface area contributed by atoms with Crippen LogP contribution in [0.2, 0.25) is 0 Å². The third-order valence-corrected chi connectivity index (χ3v) is 1.73. The first-order valence-corrected chi connectivity index (χ1v) is 3.16. The van der Waals surface area contributed by atoms with Crippen LogP contribution >= 0.6 is 0 Å². The van der Waals surface area contributed by atoms with E-state index in [2.05, 4.69) is 20.1 Å². The van der Waals surface area contributed by atoms with Crippen LogP contribution in [0.3, 0.4) is 0 Å². The lowest BCUT2D eigenvalue weighted by Crippen LogP contribution is -1.87. The van der Waals surface area contributed by atoms with Crippen LogP contribution in [0.15, 0.2) is 22.4 Å². The maximum atomic E-state index is 8.16. The van der Waals surface area contributed by atoms with Gasteiger partial charge in [0, 0.05) is 9.82 Å². The van der Waals surface area contributed by atoms with Crippen molar-refractivity contribution in [2.24, 2.45) is 10.2 Å². The molecule has 0 radical (unpaired) electrons. The van der Waals surface area contributed by atoms with Gasteiger partial charge >= 0.3 is 0 Å². The van der Waals surface area contributed by atoms with E-state index in [-0.39, 0.29) is 0 Å². The zero-order valence-corrected chi connectivity index (χ0v) is 5.84. The molecule has 0 saturated carbocycles. The number of nitrogens with zero attached hydrogens (tertiary/aromatic N) is 6. The Morgan fingerprint density at radius 1 is 0.917 bits per heavy atom. The van der Waals surface area contributed by atoms with Crippen molar-refractivity contribution in [1.82, 2.24) is 0 Å². The molecular weight excluding hydrogens is 156 g/mol. The second-order valence-electron chi connectivity index (χ2n) is 2.24. The molecule has 2 aliphatic rings. The highest BCUT2D eigenvalue weighted by Crippen LogP contribution is 2.39. The average molecular weight is 158 g/mol. The molecule has 0 aromatic carbocycles. The van der Waals surface area contributed by atoms with Crippen molar-refractivity contribution in [2.45, 2.75) is 0 Å². The van der Waals surface area contributed by atoms with E-state index < -0.39 is 0 Å². The highest BCUT2D eigenvalue weighted by Gasteiger charge is 2.12. The number of hydrogen-bond donors (Lipinski definition) is 0. The van der Waals surface area contributed by atoms with Crippen LogP contribution in [0.25, 0.3) is 20.9 Å². The summed E-state index contributed by atoms with van der Waals surface area (Å²) in [6.07, 6.45) is 0. The molecule has 2 aliphatic carbocycles. The average Bonchev–Trinajstić information content (AvgIpc) is 2.02. The van der Waals surface area contributed by atoms with Gasteiger partial charge in [-0.25, -0.2) is 0 Å². The van der Waals surface area contributed by atoms with Gasteiger partial charge in [0.2, 0.25) is 0 Å². The minimum atomic E-state index is 0.452. The normalized spacial score (nSPS) is 9.67. The van der Waals surface area contributed by atoms with Crippen LogP contribution < -0.4 is 0 Å². The minimum Gasteiger partial charge on any atom is -0.0596 e. The molecule has 0 aromatic heterocycles. The maximum Gasteiger partial charge on any atom is 0.0555 e. The van der Waals surface area contributed by atoms with Crippen molar-refractivity contribution in [3.8, 4) is 0 Å². The Morgan fingerprint density at radius 2 is 1.33 bits per heavy atom. The first kappa shape index (κ1) is 6.54. The smallest absolute Gasteiger partial charge is 0.0555 e. The monoisotopic (exact) mass is 158 g/mol. The SMILES string of the molecule is [N-]=[N+]=Nc1c(N=[N+]=[N-])c2ccc1=2. The van der Waals surface area contributed by atoms with E-state index in [1.165, 1.54) is 0 Å². The van der Waals surface area contributed by atoms with Crippen LogP contribution in [-0.2, 0) is 0 Å². The number of azide groups is 2. The lowest BCUT2D eigenvalue weighted by molar-refractivity contribution is 1.26. The first-order valence-electron chi connectivity index (χ1n) is 3.16. The van der Waals surface area contributed by atoms with E-state index in [1.54, 1.807) is 0 Å². The van der Waals surface area contributed by atoms with Gasteiger partial charge in [0.25, 0.3) is 0 Å². The quantitative estimate of drug-likeness (QED) is 0.364. The van der Waals surface area contributed by atoms with Crippen molar-refractivity contribution in [2.75, 3.05) is 0 Å². The molecule has 0 aromatic rings. The van der Waals surface area contributed by atoms with Gasteiger partial charge < -0.3 is 0 Å². The van der Waals surface area contributed by atoms with Crippen molar-refractivity contribution in [3.05, 3.63) is 43.5 Å². The molecule has 6 nitrogen and oxygen atoms in total. The molecule has 6 heteroatoms. The Morgan fingerprint density at radius 3 is 1.58 bits per heavy atom. The van der Waals surface area contributed by atoms with Gasteiger partial charge in [0.05, 0.1) is 11.4 Å². The fourth-order valence-corrected chi connectivity index (χ4v) is 1.15. The van der Waals surface area contributed by atoms with E-state index in [0.717, 1.165) is 10.4 Å². The van der Waals surface area contributed by atoms with Crippen LogP contribution in [0.1, 0.15) is 0 Å². The zero-order valence-electron chi connectivity index (χ0n) is 5.84. The second kappa shape index (κ2) is 2.17. The van der Waals surface area contributed by atoms with E-state index >= 15 is 0 Å². The molecule has 0 unspecified atom stereocenters. The largest absolute Gasteiger partial charge is 0.0596 e. The van der Waals surface area contributed by atoms with Crippen molar-refractivity contribution >= 4 is 11.4 Å². The molecule has 0 atom stereocenters. The lowest BCUT2D eigenvalue weighted by Gasteiger charge is -2.10. The summed E-state index contributed by atoms with van der Waals surface area (Å²) in [7, 11) is 0. The third kappa shape index (κ3) is 0.594. The fourth-order valence-electron chi connectivity index (χ4n) is 1.15. The Hall–Kier alpha value is -2.16. The van der Waals surface area contributed by atoms with Gasteiger partial charge in [-0.15, -0.1) is 0 Å².